The molecule has 3 heteroatoms. The maximum atomic E-state index is 13.1. The van der Waals surface area contributed by atoms with Gasteiger partial charge < -0.3 is 10.6 Å². The number of nitrogens with zero attached hydrogens (tertiary/aromatic N) is 1. The third-order valence-electron chi connectivity index (χ3n) is 3.44. The zero-order valence-corrected chi connectivity index (χ0v) is 10.1. The summed E-state index contributed by atoms with van der Waals surface area (Å²) in [6, 6.07) is 4.56. The summed E-state index contributed by atoms with van der Waals surface area (Å²) in [6.45, 7) is 8.66. The van der Waals surface area contributed by atoms with Crippen LogP contribution in [0.1, 0.15) is 20.8 Å². The molecule has 0 amide bonds. The predicted molar refractivity (Wildman–Crippen MR) is 66.0 cm³/mol. The molecule has 1 aromatic carbocycles. The van der Waals surface area contributed by atoms with Gasteiger partial charge in [0.05, 0.1) is 11.4 Å². The summed E-state index contributed by atoms with van der Waals surface area (Å²) in [5.41, 5.74) is 7.66. The van der Waals surface area contributed by atoms with Crippen LogP contribution in [-0.4, -0.2) is 13.1 Å². The van der Waals surface area contributed by atoms with Crippen molar-refractivity contribution >= 4 is 11.4 Å². The maximum absolute atomic E-state index is 13.1. The Kier molecular flexibility index (Phi) is 2.56. The van der Waals surface area contributed by atoms with Crippen molar-refractivity contribution in [2.75, 3.05) is 23.7 Å². The fourth-order valence-corrected chi connectivity index (χ4v) is 2.01. The highest BCUT2D eigenvalue weighted by Gasteiger charge is 2.36. The van der Waals surface area contributed by atoms with Gasteiger partial charge in [-0.1, -0.05) is 20.8 Å². The van der Waals surface area contributed by atoms with Gasteiger partial charge in [0.15, 0.2) is 0 Å². The molecule has 2 N–H and O–H groups in total. The van der Waals surface area contributed by atoms with Gasteiger partial charge in [0, 0.05) is 13.1 Å². The maximum Gasteiger partial charge on any atom is 0.125 e. The van der Waals surface area contributed by atoms with E-state index >= 15 is 0 Å². The standard InChI is InChI=1S/C13H19FN2/c1-13(2,3)9-7-16(8-9)12-6-10(14)4-5-11(12)15/h4-6,9H,7-8,15H2,1-3H3. The lowest BCUT2D eigenvalue weighted by molar-refractivity contribution is 0.195. The number of nitrogens with two attached hydrogens (primary N) is 1. The summed E-state index contributed by atoms with van der Waals surface area (Å²) in [5.74, 6) is 0.443. The molecule has 0 bridgehead atoms. The number of hydrogen-bond acceptors (Lipinski definition) is 2. The van der Waals surface area contributed by atoms with Crippen LogP contribution in [0.3, 0.4) is 0 Å². The zero-order chi connectivity index (χ0) is 11.9. The molecule has 88 valence electrons. The molecule has 1 saturated heterocycles. The van der Waals surface area contributed by atoms with Gasteiger partial charge in [0.25, 0.3) is 0 Å². The molecule has 2 rings (SSSR count). The first-order valence-electron chi connectivity index (χ1n) is 5.68. The Morgan fingerprint density at radius 1 is 1.31 bits per heavy atom. The van der Waals surface area contributed by atoms with Crippen LogP contribution in [0, 0.1) is 17.2 Å². The second kappa shape index (κ2) is 3.65. The van der Waals surface area contributed by atoms with E-state index < -0.39 is 0 Å². The molecule has 16 heavy (non-hydrogen) atoms. The number of anilines is 2. The van der Waals surface area contributed by atoms with E-state index in [-0.39, 0.29) is 5.82 Å². The minimum absolute atomic E-state index is 0.219. The lowest BCUT2D eigenvalue weighted by Gasteiger charge is -2.48. The van der Waals surface area contributed by atoms with Crippen molar-refractivity contribution in [1.82, 2.24) is 0 Å². The fourth-order valence-electron chi connectivity index (χ4n) is 2.01. The number of hydrogen-bond donors (Lipinski definition) is 1. The van der Waals surface area contributed by atoms with Gasteiger partial charge in [0.1, 0.15) is 5.82 Å². The molecule has 0 aromatic heterocycles. The average molecular weight is 222 g/mol. The molecule has 0 spiro atoms. The van der Waals surface area contributed by atoms with E-state index in [9.17, 15) is 4.39 Å². The number of nitrogen functional groups attached to an aromatic ring is 1. The molecule has 0 atom stereocenters. The van der Waals surface area contributed by atoms with E-state index in [1.54, 1.807) is 6.07 Å². The topological polar surface area (TPSA) is 29.3 Å². The van der Waals surface area contributed by atoms with Crippen molar-refractivity contribution in [1.29, 1.82) is 0 Å². The smallest absolute Gasteiger partial charge is 0.125 e. The van der Waals surface area contributed by atoms with Crippen molar-refractivity contribution in [2.24, 2.45) is 11.3 Å². The van der Waals surface area contributed by atoms with Crippen LogP contribution in [0.25, 0.3) is 0 Å². The molecule has 1 fully saturated rings. The number of rotatable bonds is 1. The molecular formula is C13H19FN2. The summed E-state index contributed by atoms with van der Waals surface area (Å²) < 4.78 is 13.1. The Morgan fingerprint density at radius 3 is 2.50 bits per heavy atom. The third kappa shape index (κ3) is 1.99. The second-order valence-electron chi connectivity index (χ2n) is 5.67. The first kappa shape index (κ1) is 11.2. The molecule has 2 nitrogen and oxygen atoms in total. The first-order valence-corrected chi connectivity index (χ1v) is 5.68. The minimum atomic E-state index is -0.219. The monoisotopic (exact) mass is 222 g/mol. The summed E-state index contributed by atoms with van der Waals surface area (Å²) in [5, 5.41) is 0. The molecule has 0 unspecified atom stereocenters. The SMILES string of the molecule is CC(C)(C)C1CN(c2cc(F)ccc2N)C1. The zero-order valence-electron chi connectivity index (χ0n) is 10.1. The van der Waals surface area contributed by atoms with Crippen LogP contribution in [0.2, 0.25) is 0 Å². The summed E-state index contributed by atoms with van der Waals surface area (Å²) >= 11 is 0. The third-order valence-corrected chi connectivity index (χ3v) is 3.44. The van der Waals surface area contributed by atoms with Crippen molar-refractivity contribution in [2.45, 2.75) is 20.8 Å². The molecule has 1 heterocycles. The summed E-state index contributed by atoms with van der Waals surface area (Å²) in [6.07, 6.45) is 0. The fraction of sp³-hybridized carbons (Fsp3) is 0.538. The number of benzene rings is 1. The Hall–Kier alpha value is -1.25. The van der Waals surface area contributed by atoms with E-state index in [4.69, 9.17) is 5.73 Å². The van der Waals surface area contributed by atoms with E-state index in [1.807, 2.05) is 0 Å². The van der Waals surface area contributed by atoms with Crippen molar-refractivity contribution in [3.8, 4) is 0 Å². The molecule has 1 aliphatic heterocycles. The van der Waals surface area contributed by atoms with Crippen LogP contribution in [0.4, 0.5) is 15.8 Å². The first-order chi connectivity index (χ1) is 7.38. The number of halogens is 1. The van der Waals surface area contributed by atoms with E-state index in [0.29, 0.717) is 17.0 Å². The van der Waals surface area contributed by atoms with Crippen molar-refractivity contribution in [3.63, 3.8) is 0 Å². The van der Waals surface area contributed by atoms with Crippen LogP contribution in [-0.2, 0) is 0 Å². The second-order valence-corrected chi connectivity index (χ2v) is 5.67. The Morgan fingerprint density at radius 2 is 1.94 bits per heavy atom. The van der Waals surface area contributed by atoms with Crippen molar-refractivity contribution in [3.05, 3.63) is 24.0 Å². The van der Waals surface area contributed by atoms with Crippen LogP contribution >= 0.6 is 0 Å². The highest BCUT2D eigenvalue weighted by molar-refractivity contribution is 5.68. The largest absolute Gasteiger partial charge is 0.397 e. The molecule has 1 aliphatic rings. The summed E-state index contributed by atoms with van der Waals surface area (Å²) in [7, 11) is 0. The van der Waals surface area contributed by atoms with Crippen LogP contribution in [0.5, 0.6) is 0 Å². The van der Waals surface area contributed by atoms with Gasteiger partial charge in [-0.15, -0.1) is 0 Å². The van der Waals surface area contributed by atoms with Gasteiger partial charge in [-0.05, 0) is 29.5 Å². The van der Waals surface area contributed by atoms with Gasteiger partial charge >= 0.3 is 0 Å². The summed E-state index contributed by atoms with van der Waals surface area (Å²) in [4.78, 5) is 2.15. The molecule has 0 radical (unpaired) electrons. The molecular weight excluding hydrogens is 203 g/mol. The normalized spacial score (nSPS) is 17.4. The van der Waals surface area contributed by atoms with Crippen molar-refractivity contribution < 1.29 is 4.39 Å². The lowest BCUT2D eigenvalue weighted by Crippen LogP contribution is -2.52. The minimum Gasteiger partial charge on any atom is -0.397 e. The highest BCUT2D eigenvalue weighted by Crippen LogP contribution is 2.38. The Labute approximate surface area is 96.2 Å². The van der Waals surface area contributed by atoms with Gasteiger partial charge in [-0.25, -0.2) is 4.39 Å². The van der Waals surface area contributed by atoms with E-state index in [1.165, 1.54) is 12.1 Å². The lowest BCUT2D eigenvalue weighted by atomic mass is 9.76. The van der Waals surface area contributed by atoms with Gasteiger partial charge in [0.2, 0.25) is 0 Å². The predicted octanol–water partition coefficient (Wildman–Crippen LogP) is 2.89. The van der Waals surface area contributed by atoms with E-state index in [2.05, 4.69) is 25.7 Å². The average Bonchev–Trinajstić information content (AvgIpc) is 2.06. The highest BCUT2D eigenvalue weighted by atomic mass is 19.1. The molecule has 0 saturated carbocycles. The van der Waals surface area contributed by atoms with E-state index in [0.717, 1.165) is 18.8 Å². The van der Waals surface area contributed by atoms with Crippen LogP contribution in [0.15, 0.2) is 18.2 Å². The van der Waals surface area contributed by atoms with Gasteiger partial charge in [-0.3, -0.25) is 0 Å². The van der Waals surface area contributed by atoms with Gasteiger partial charge in [-0.2, -0.15) is 0 Å². The molecule has 1 aromatic rings. The Bertz CT molecular complexity index is 389. The Balaban J connectivity index is 2.09. The van der Waals surface area contributed by atoms with Crippen LogP contribution < -0.4 is 10.6 Å². The quantitative estimate of drug-likeness (QED) is 0.740. The molecule has 0 aliphatic carbocycles.